The number of carbonyl (C=O) groups excluding carboxylic acids is 2. The third-order valence-corrected chi connectivity index (χ3v) is 4.36. The average Bonchev–Trinajstić information content (AvgIpc) is 2.66. The molecule has 2 aliphatic rings. The number of hydrogen-bond acceptors (Lipinski definition) is 3. The highest BCUT2D eigenvalue weighted by Gasteiger charge is 2.45. The van der Waals surface area contributed by atoms with Crippen molar-refractivity contribution < 1.29 is 9.59 Å². The van der Waals surface area contributed by atoms with Crippen LogP contribution in [0.3, 0.4) is 0 Å². The van der Waals surface area contributed by atoms with Crippen LogP contribution in [-0.4, -0.2) is 45.8 Å². The van der Waals surface area contributed by atoms with Crippen molar-refractivity contribution >= 4 is 23.7 Å². The van der Waals surface area contributed by atoms with E-state index < -0.39 is 0 Å². The van der Waals surface area contributed by atoms with Gasteiger partial charge in [-0.25, -0.2) is 4.79 Å². The number of hydrogen-bond donors (Lipinski definition) is 0. The van der Waals surface area contributed by atoms with Crippen LogP contribution >= 0.6 is 11.8 Å². The number of benzene rings is 1. The number of nitrogens with zero attached hydrogens (tertiary/aromatic N) is 2. The van der Waals surface area contributed by atoms with Crippen LogP contribution in [0.15, 0.2) is 30.3 Å². The second-order valence-corrected chi connectivity index (χ2v) is 5.63. The van der Waals surface area contributed by atoms with Gasteiger partial charge in [0.1, 0.15) is 6.04 Å². The Morgan fingerprint density at radius 3 is 2.72 bits per heavy atom. The summed E-state index contributed by atoms with van der Waals surface area (Å²) in [5, 5.41) is 0. The summed E-state index contributed by atoms with van der Waals surface area (Å²) in [6, 6.07) is 9.28. The highest BCUT2D eigenvalue weighted by atomic mass is 32.2. The molecule has 1 unspecified atom stereocenters. The summed E-state index contributed by atoms with van der Waals surface area (Å²) in [7, 11) is 0. The molecule has 0 aliphatic carbocycles. The highest BCUT2D eigenvalue weighted by molar-refractivity contribution is 7.99. The van der Waals surface area contributed by atoms with Crippen LogP contribution in [-0.2, 0) is 11.3 Å². The molecule has 0 spiro atoms. The van der Waals surface area contributed by atoms with E-state index in [1.807, 2.05) is 30.3 Å². The van der Waals surface area contributed by atoms with Crippen LogP contribution < -0.4 is 0 Å². The molecular formula is C13H14N2O2S. The van der Waals surface area contributed by atoms with Crippen molar-refractivity contribution in [3.63, 3.8) is 0 Å². The first-order valence-corrected chi connectivity index (χ1v) is 7.16. The Kier molecular flexibility index (Phi) is 2.99. The summed E-state index contributed by atoms with van der Waals surface area (Å²) in [5.41, 5.74) is 0.992. The van der Waals surface area contributed by atoms with Crippen LogP contribution in [0.5, 0.6) is 0 Å². The largest absolute Gasteiger partial charge is 0.327 e. The van der Waals surface area contributed by atoms with E-state index in [-0.39, 0.29) is 18.0 Å². The summed E-state index contributed by atoms with van der Waals surface area (Å²) in [5.74, 6) is 1.61. The summed E-state index contributed by atoms with van der Waals surface area (Å²) in [4.78, 5) is 27.5. The number of imide groups is 1. The fraction of sp³-hybridized carbons (Fsp3) is 0.385. The van der Waals surface area contributed by atoms with Gasteiger partial charge in [-0.2, -0.15) is 11.8 Å². The SMILES string of the molecule is O=C1C2CSCCN2C(=O)N1Cc1ccccc1. The number of rotatable bonds is 2. The minimum Gasteiger partial charge on any atom is -0.311 e. The fourth-order valence-corrected chi connectivity index (χ4v) is 3.42. The summed E-state index contributed by atoms with van der Waals surface area (Å²) >= 11 is 1.74. The molecule has 0 aromatic heterocycles. The van der Waals surface area contributed by atoms with E-state index in [2.05, 4.69) is 0 Å². The van der Waals surface area contributed by atoms with Gasteiger partial charge in [-0.1, -0.05) is 30.3 Å². The molecule has 4 nitrogen and oxygen atoms in total. The molecule has 2 saturated heterocycles. The Bertz CT molecular complexity index is 453. The lowest BCUT2D eigenvalue weighted by molar-refractivity contribution is -0.128. The van der Waals surface area contributed by atoms with Crippen LogP contribution in [0, 0.1) is 0 Å². The van der Waals surface area contributed by atoms with Gasteiger partial charge in [0.25, 0.3) is 5.91 Å². The standard InChI is InChI=1S/C13H14N2O2S/c16-12-11-9-18-7-6-14(11)13(17)15(12)8-10-4-2-1-3-5-10/h1-5,11H,6-9H2. The number of carbonyl (C=O) groups is 2. The third-order valence-electron chi connectivity index (χ3n) is 3.34. The molecule has 5 heteroatoms. The lowest BCUT2D eigenvalue weighted by Crippen LogP contribution is -2.41. The van der Waals surface area contributed by atoms with Gasteiger partial charge >= 0.3 is 6.03 Å². The second kappa shape index (κ2) is 4.65. The molecule has 0 bridgehead atoms. The van der Waals surface area contributed by atoms with Crippen molar-refractivity contribution in [2.45, 2.75) is 12.6 Å². The summed E-state index contributed by atoms with van der Waals surface area (Å²) in [6.45, 7) is 1.07. The zero-order valence-corrected chi connectivity index (χ0v) is 10.7. The van der Waals surface area contributed by atoms with Crippen molar-refractivity contribution in [3.05, 3.63) is 35.9 Å². The molecule has 0 N–H and O–H groups in total. The van der Waals surface area contributed by atoms with E-state index in [1.54, 1.807) is 16.7 Å². The molecule has 3 amide bonds. The first kappa shape index (κ1) is 11.6. The molecular weight excluding hydrogens is 248 g/mol. The first-order valence-electron chi connectivity index (χ1n) is 6.01. The van der Waals surface area contributed by atoms with Gasteiger partial charge in [-0.05, 0) is 5.56 Å². The van der Waals surface area contributed by atoms with Crippen LogP contribution in [0.1, 0.15) is 5.56 Å². The first-order chi connectivity index (χ1) is 8.77. The van der Waals surface area contributed by atoms with Gasteiger partial charge < -0.3 is 4.90 Å². The quantitative estimate of drug-likeness (QED) is 0.760. The number of amides is 3. The Balaban J connectivity index is 1.80. The number of urea groups is 1. The Hall–Kier alpha value is -1.49. The maximum absolute atomic E-state index is 12.2. The topological polar surface area (TPSA) is 40.6 Å². The lowest BCUT2D eigenvalue weighted by Gasteiger charge is -2.25. The molecule has 1 aromatic rings. The average molecular weight is 262 g/mol. The summed E-state index contributed by atoms with van der Waals surface area (Å²) < 4.78 is 0. The molecule has 1 aromatic carbocycles. The van der Waals surface area contributed by atoms with Gasteiger partial charge in [0.2, 0.25) is 0 Å². The highest BCUT2D eigenvalue weighted by Crippen LogP contribution is 2.26. The van der Waals surface area contributed by atoms with E-state index in [4.69, 9.17) is 0 Å². The van der Waals surface area contributed by atoms with Crippen molar-refractivity contribution in [1.82, 2.24) is 9.80 Å². The molecule has 1 atom stereocenters. The molecule has 0 radical (unpaired) electrons. The fourth-order valence-electron chi connectivity index (χ4n) is 2.38. The molecule has 94 valence electrons. The molecule has 0 saturated carbocycles. The summed E-state index contributed by atoms with van der Waals surface area (Å²) in [6.07, 6.45) is 0. The monoisotopic (exact) mass is 262 g/mol. The predicted octanol–water partition coefficient (Wildman–Crippen LogP) is 1.57. The van der Waals surface area contributed by atoms with E-state index >= 15 is 0 Å². The predicted molar refractivity (Wildman–Crippen MR) is 70.2 cm³/mol. The zero-order valence-electron chi connectivity index (χ0n) is 9.91. The zero-order chi connectivity index (χ0) is 12.5. The number of fused-ring (bicyclic) bond motifs is 1. The van der Waals surface area contributed by atoms with E-state index in [0.29, 0.717) is 13.1 Å². The molecule has 2 aliphatic heterocycles. The second-order valence-electron chi connectivity index (χ2n) is 4.48. The minimum atomic E-state index is -0.236. The van der Waals surface area contributed by atoms with E-state index in [1.165, 1.54) is 4.90 Å². The van der Waals surface area contributed by atoms with Gasteiger partial charge in [0.15, 0.2) is 0 Å². The Morgan fingerprint density at radius 2 is 2.00 bits per heavy atom. The maximum atomic E-state index is 12.2. The maximum Gasteiger partial charge on any atom is 0.327 e. The van der Waals surface area contributed by atoms with Crippen molar-refractivity contribution in [2.24, 2.45) is 0 Å². The van der Waals surface area contributed by atoms with E-state index in [9.17, 15) is 9.59 Å². The van der Waals surface area contributed by atoms with Crippen molar-refractivity contribution in [2.75, 3.05) is 18.1 Å². The number of thioether (sulfide) groups is 1. The van der Waals surface area contributed by atoms with Crippen molar-refractivity contribution in [3.8, 4) is 0 Å². The van der Waals surface area contributed by atoms with E-state index in [0.717, 1.165) is 17.1 Å². The van der Waals surface area contributed by atoms with Crippen molar-refractivity contribution in [1.29, 1.82) is 0 Å². The van der Waals surface area contributed by atoms with Gasteiger partial charge in [0, 0.05) is 18.1 Å². The lowest BCUT2D eigenvalue weighted by atomic mass is 10.2. The molecule has 18 heavy (non-hydrogen) atoms. The molecule has 2 heterocycles. The Morgan fingerprint density at radius 1 is 1.22 bits per heavy atom. The van der Waals surface area contributed by atoms with Gasteiger partial charge in [-0.3, -0.25) is 9.69 Å². The molecule has 3 rings (SSSR count). The van der Waals surface area contributed by atoms with Crippen LogP contribution in [0.4, 0.5) is 4.79 Å². The smallest absolute Gasteiger partial charge is 0.311 e. The Labute approximate surface area is 110 Å². The van der Waals surface area contributed by atoms with Crippen LogP contribution in [0.25, 0.3) is 0 Å². The van der Waals surface area contributed by atoms with Crippen LogP contribution in [0.2, 0.25) is 0 Å². The normalized spacial score (nSPS) is 23.4. The molecule has 2 fully saturated rings. The van der Waals surface area contributed by atoms with Gasteiger partial charge in [-0.15, -0.1) is 0 Å². The third kappa shape index (κ3) is 1.88. The minimum absolute atomic E-state index is 0.0453. The van der Waals surface area contributed by atoms with Gasteiger partial charge in [0.05, 0.1) is 6.54 Å².